The summed E-state index contributed by atoms with van der Waals surface area (Å²) in [6.07, 6.45) is 8.16. The number of aromatic nitrogens is 1. The first-order valence-corrected chi connectivity index (χ1v) is 9.69. The molecule has 1 N–H and O–H groups in total. The SMILES string of the molecule is S=C(NC1CCCCC1)N(Cc1ccc(Cl)cc1)Cc1ccccn1. The Morgan fingerprint density at radius 2 is 1.84 bits per heavy atom. The van der Waals surface area contributed by atoms with Gasteiger partial charge >= 0.3 is 0 Å². The zero-order chi connectivity index (χ0) is 17.5. The zero-order valence-corrected chi connectivity index (χ0v) is 15.9. The molecule has 0 amide bonds. The largest absolute Gasteiger partial charge is 0.360 e. The molecular weight excluding hydrogens is 350 g/mol. The summed E-state index contributed by atoms with van der Waals surface area (Å²) in [6.45, 7) is 1.44. The Bertz CT molecular complexity index is 669. The normalized spacial score (nSPS) is 14.9. The molecule has 3 nitrogen and oxygen atoms in total. The fourth-order valence-corrected chi connectivity index (χ4v) is 3.63. The summed E-state index contributed by atoms with van der Waals surface area (Å²) < 4.78 is 0. The predicted octanol–water partition coefficient (Wildman–Crippen LogP) is 4.94. The molecule has 0 atom stereocenters. The molecule has 0 bridgehead atoms. The van der Waals surface area contributed by atoms with Gasteiger partial charge in [0.05, 0.1) is 12.2 Å². The molecule has 1 aromatic heterocycles. The van der Waals surface area contributed by atoms with Crippen LogP contribution in [0.3, 0.4) is 0 Å². The Morgan fingerprint density at radius 3 is 2.52 bits per heavy atom. The van der Waals surface area contributed by atoms with Gasteiger partial charge in [0.1, 0.15) is 0 Å². The zero-order valence-electron chi connectivity index (χ0n) is 14.3. The highest BCUT2D eigenvalue weighted by Gasteiger charge is 2.18. The van der Waals surface area contributed by atoms with E-state index in [1.54, 1.807) is 0 Å². The van der Waals surface area contributed by atoms with E-state index < -0.39 is 0 Å². The van der Waals surface area contributed by atoms with Gasteiger partial charge in [0, 0.05) is 23.8 Å². The molecule has 1 aromatic carbocycles. The number of halogens is 1. The highest BCUT2D eigenvalue weighted by molar-refractivity contribution is 7.80. The molecule has 0 spiro atoms. The lowest BCUT2D eigenvalue weighted by atomic mass is 9.96. The van der Waals surface area contributed by atoms with Crippen molar-refractivity contribution in [1.29, 1.82) is 0 Å². The van der Waals surface area contributed by atoms with E-state index in [1.165, 1.54) is 37.7 Å². The fraction of sp³-hybridized carbons (Fsp3) is 0.400. The Labute approximate surface area is 160 Å². The van der Waals surface area contributed by atoms with Gasteiger partial charge < -0.3 is 10.2 Å². The van der Waals surface area contributed by atoms with Crippen LogP contribution in [0.4, 0.5) is 0 Å². The lowest BCUT2D eigenvalue weighted by Crippen LogP contribution is -2.44. The van der Waals surface area contributed by atoms with Crippen molar-refractivity contribution < 1.29 is 0 Å². The van der Waals surface area contributed by atoms with E-state index in [0.717, 1.165) is 22.4 Å². The molecule has 0 radical (unpaired) electrons. The van der Waals surface area contributed by atoms with Crippen molar-refractivity contribution in [2.24, 2.45) is 0 Å². The van der Waals surface area contributed by atoms with E-state index in [0.29, 0.717) is 12.6 Å². The van der Waals surface area contributed by atoms with Gasteiger partial charge in [-0.1, -0.05) is 49.1 Å². The maximum atomic E-state index is 6.01. The van der Waals surface area contributed by atoms with E-state index in [4.69, 9.17) is 23.8 Å². The maximum Gasteiger partial charge on any atom is 0.169 e. The summed E-state index contributed by atoms with van der Waals surface area (Å²) in [5.41, 5.74) is 2.21. The molecule has 25 heavy (non-hydrogen) atoms. The number of thiocarbonyl (C=S) groups is 1. The Balaban J connectivity index is 1.70. The number of benzene rings is 1. The summed E-state index contributed by atoms with van der Waals surface area (Å²) in [4.78, 5) is 6.64. The third kappa shape index (κ3) is 5.68. The summed E-state index contributed by atoms with van der Waals surface area (Å²) >= 11 is 11.7. The van der Waals surface area contributed by atoms with Crippen LogP contribution in [0.2, 0.25) is 5.02 Å². The number of hydrogen-bond acceptors (Lipinski definition) is 2. The van der Waals surface area contributed by atoms with Crippen LogP contribution in [0.1, 0.15) is 43.4 Å². The van der Waals surface area contributed by atoms with Crippen LogP contribution in [0.5, 0.6) is 0 Å². The monoisotopic (exact) mass is 373 g/mol. The van der Waals surface area contributed by atoms with Gasteiger partial charge in [-0.15, -0.1) is 0 Å². The van der Waals surface area contributed by atoms with Crippen LogP contribution in [0.15, 0.2) is 48.7 Å². The van der Waals surface area contributed by atoms with Gasteiger partial charge in [-0.3, -0.25) is 4.98 Å². The van der Waals surface area contributed by atoms with E-state index in [-0.39, 0.29) is 0 Å². The molecule has 0 unspecified atom stereocenters. The number of nitrogens with zero attached hydrogens (tertiary/aromatic N) is 2. The minimum Gasteiger partial charge on any atom is -0.360 e. The minimum atomic E-state index is 0.498. The van der Waals surface area contributed by atoms with Crippen molar-refractivity contribution in [2.45, 2.75) is 51.2 Å². The van der Waals surface area contributed by atoms with Crippen LogP contribution in [0, 0.1) is 0 Å². The molecule has 1 heterocycles. The predicted molar refractivity (Wildman–Crippen MR) is 108 cm³/mol. The number of nitrogens with one attached hydrogen (secondary N) is 1. The average Bonchev–Trinajstić information content (AvgIpc) is 2.64. The summed E-state index contributed by atoms with van der Waals surface area (Å²) in [7, 11) is 0. The first-order valence-electron chi connectivity index (χ1n) is 8.90. The van der Waals surface area contributed by atoms with Gasteiger partial charge in [0.2, 0.25) is 0 Å². The molecule has 1 saturated carbocycles. The van der Waals surface area contributed by atoms with Gasteiger partial charge in [0.25, 0.3) is 0 Å². The molecule has 2 aromatic rings. The van der Waals surface area contributed by atoms with Crippen molar-refractivity contribution >= 4 is 28.9 Å². The van der Waals surface area contributed by atoms with Crippen molar-refractivity contribution in [1.82, 2.24) is 15.2 Å². The summed E-state index contributed by atoms with van der Waals surface area (Å²) in [6, 6.07) is 14.4. The van der Waals surface area contributed by atoms with E-state index in [1.807, 2.05) is 36.5 Å². The number of pyridine rings is 1. The molecule has 5 heteroatoms. The van der Waals surface area contributed by atoms with Crippen LogP contribution in [-0.4, -0.2) is 21.0 Å². The second-order valence-electron chi connectivity index (χ2n) is 6.59. The highest BCUT2D eigenvalue weighted by Crippen LogP contribution is 2.19. The summed E-state index contributed by atoms with van der Waals surface area (Å²) in [5.74, 6) is 0. The van der Waals surface area contributed by atoms with Crippen LogP contribution in [-0.2, 0) is 13.1 Å². The minimum absolute atomic E-state index is 0.498. The third-order valence-electron chi connectivity index (χ3n) is 4.59. The number of hydrogen-bond donors (Lipinski definition) is 1. The Hall–Kier alpha value is -1.65. The molecule has 1 aliphatic rings. The summed E-state index contributed by atoms with van der Waals surface area (Å²) in [5, 5.41) is 5.14. The van der Waals surface area contributed by atoms with Crippen LogP contribution in [0.25, 0.3) is 0 Å². The Kier molecular flexibility index (Phi) is 6.65. The third-order valence-corrected chi connectivity index (χ3v) is 5.21. The molecule has 3 rings (SSSR count). The van der Waals surface area contributed by atoms with Gasteiger partial charge in [-0.05, 0) is 54.9 Å². The molecule has 132 valence electrons. The van der Waals surface area contributed by atoms with Crippen molar-refractivity contribution in [3.8, 4) is 0 Å². The van der Waals surface area contributed by atoms with Crippen molar-refractivity contribution in [3.63, 3.8) is 0 Å². The molecule has 0 saturated heterocycles. The lowest BCUT2D eigenvalue weighted by Gasteiger charge is -2.30. The lowest BCUT2D eigenvalue weighted by molar-refractivity contribution is 0.360. The second kappa shape index (κ2) is 9.16. The van der Waals surface area contributed by atoms with Gasteiger partial charge in [0.15, 0.2) is 5.11 Å². The smallest absolute Gasteiger partial charge is 0.169 e. The molecule has 0 aliphatic heterocycles. The second-order valence-corrected chi connectivity index (χ2v) is 7.41. The Morgan fingerprint density at radius 1 is 1.08 bits per heavy atom. The maximum absolute atomic E-state index is 6.01. The molecular formula is C20H24ClN3S. The first kappa shape index (κ1) is 18.2. The number of rotatable bonds is 5. The van der Waals surface area contributed by atoms with E-state index in [2.05, 4.69) is 27.3 Å². The standard InChI is InChI=1S/C20H24ClN3S/c21-17-11-9-16(10-12-17)14-24(15-19-8-4-5-13-22-19)20(25)23-18-6-2-1-3-7-18/h4-5,8-13,18H,1-3,6-7,14-15H2,(H,23,25). The van der Waals surface area contributed by atoms with Gasteiger partial charge in [-0.2, -0.15) is 0 Å². The molecule has 1 aliphatic carbocycles. The van der Waals surface area contributed by atoms with Crippen LogP contribution < -0.4 is 5.32 Å². The first-order chi connectivity index (χ1) is 12.2. The fourth-order valence-electron chi connectivity index (χ4n) is 3.21. The van der Waals surface area contributed by atoms with Crippen molar-refractivity contribution in [3.05, 3.63) is 64.9 Å². The quantitative estimate of drug-likeness (QED) is 0.751. The highest BCUT2D eigenvalue weighted by atomic mass is 35.5. The molecule has 1 fully saturated rings. The van der Waals surface area contributed by atoms with Crippen LogP contribution >= 0.6 is 23.8 Å². The average molecular weight is 374 g/mol. The topological polar surface area (TPSA) is 28.2 Å². The van der Waals surface area contributed by atoms with E-state index in [9.17, 15) is 0 Å². The van der Waals surface area contributed by atoms with Gasteiger partial charge in [-0.25, -0.2) is 0 Å². The van der Waals surface area contributed by atoms with E-state index >= 15 is 0 Å². The van der Waals surface area contributed by atoms with Crippen molar-refractivity contribution in [2.75, 3.05) is 0 Å².